The van der Waals surface area contributed by atoms with Gasteiger partial charge in [0, 0.05) is 17.7 Å². The van der Waals surface area contributed by atoms with E-state index < -0.39 is 27.6 Å². The Kier molecular flexibility index (Phi) is 4.53. The highest BCUT2D eigenvalue weighted by atomic mass is 32.2. The molecular weight excluding hydrogens is 314 g/mol. The van der Waals surface area contributed by atoms with Crippen molar-refractivity contribution in [1.29, 1.82) is 0 Å². The van der Waals surface area contributed by atoms with Crippen molar-refractivity contribution >= 4 is 15.9 Å². The van der Waals surface area contributed by atoms with Gasteiger partial charge in [-0.3, -0.25) is 4.79 Å². The van der Waals surface area contributed by atoms with Gasteiger partial charge < -0.3 is 5.32 Å². The Morgan fingerprint density at radius 1 is 1.09 bits per heavy atom. The van der Waals surface area contributed by atoms with E-state index in [2.05, 4.69) is 5.32 Å². The number of nitrogens with two attached hydrogens (primary N) is 1. The van der Waals surface area contributed by atoms with Gasteiger partial charge in [-0.05, 0) is 30.3 Å². The number of nitrogens with one attached hydrogen (secondary N) is 1. The molecule has 0 spiro atoms. The van der Waals surface area contributed by atoms with E-state index in [1.807, 2.05) is 0 Å². The smallest absolute Gasteiger partial charge is 0.251 e. The molecule has 1 amide bonds. The van der Waals surface area contributed by atoms with Gasteiger partial charge in [0.15, 0.2) is 11.6 Å². The van der Waals surface area contributed by atoms with Gasteiger partial charge in [-0.15, -0.1) is 0 Å². The van der Waals surface area contributed by atoms with Crippen molar-refractivity contribution in [3.05, 3.63) is 65.2 Å². The molecule has 3 N–H and O–H groups in total. The summed E-state index contributed by atoms with van der Waals surface area (Å²) in [6.45, 7) is -0.195. The maximum absolute atomic E-state index is 13.4. The molecule has 0 aliphatic heterocycles. The van der Waals surface area contributed by atoms with Crippen molar-refractivity contribution < 1.29 is 22.0 Å². The van der Waals surface area contributed by atoms with E-state index in [0.29, 0.717) is 0 Å². The van der Waals surface area contributed by atoms with Crippen LogP contribution in [0, 0.1) is 11.6 Å². The molecule has 2 aromatic carbocycles. The van der Waals surface area contributed by atoms with E-state index in [0.717, 1.165) is 6.07 Å². The lowest BCUT2D eigenvalue weighted by Gasteiger charge is -2.07. The SMILES string of the molecule is NS(=O)(=O)c1ccc(C(=O)NCc2cccc(F)c2F)cc1. The Bertz CT molecular complexity index is 805. The van der Waals surface area contributed by atoms with E-state index in [1.54, 1.807) is 0 Å². The molecule has 0 aliphatic rings. The number of halogens is 2. The zero-order valence-electron chi connectivity index (χ0n) is 11.2. The van der Waals surface area contributed by atoms with Gasteiger partial charge in [0.1, 0.15) is 0 Å². The lowest BCUT2D eigenvalue weighted by atomic mass is 10.2. The molecule has 0 fully saturated rings. The average molecular weight is 326 g/mol. The van der Waals surface area contributed by atoms with Crippen LogP contribution in [0.25, 0.3) is 0 Å². The van der Waals surface area contributed by atoms with Crippen molar-refractivity contribution in [3.63, 3.8) is 0 Å². The normalized spacial score (nSPS) is 11.2. The molecule has 0 unspecified atom stereocenters. The topological polar surface area (TPSA) is 89.3 Å². The Balaban J connectivity index is 2.08. The Morgan fingerprint density at radius 3 is 2.32 bits per heavy atom. The van der Waals surface area contributed by atoms with E-state index >= 15 is 0 Å². The standard InChI is InChI=1S/C14H12F2N2O3S/c15-12-3-1-2-10(13(12)16)8-18-14(19)9-4-6-11(7-5-9)22(17,20)21/h1-7H,8H2,(H,18,19)(H2,17,20,21). The molecular formula is C14H12F2N2O3S. The molecule has 8 heteroatoms. The molecule has 0 saturated heterocycles. The van der Waals surface area contributed by atoms with E-state index in [9.17, 15) is 22.0 Å². The summed E-state index contributed by atoms with van der Waals surface area (Å²) in [4.78, 5) is 11.7. The Labute approximate surface area is 125 Å². The molecule has 0 radical (unpaired) electrons. The fourth-order valence-corrected chi connectivity index (χ4v) is 2.27. The molecule has 0 aliphatic carbocycles. The molecule has 2 aromatic rings. The quantitative estimate of drug-likeness (QED) is 0.893. The third-order valence-electron chi connectivity index (χ3n) is 2.92. The highest BCUT2D eigenvalue weighted by molar-refractivity contribution is 7.89. The van der Waals surface area contributed by atoms with Gasteiger partial charge in [-0.1, -0.05) is 12.1 Å². The lowest BCUT2D eigenvalue weighted by molar-refractivity contribution is 0.0950. The van der Waals surface area contributed by atoms with Crippen molar-refractivity contribution in [1.82, 2.24) is 5.32 Å². The van der Waals surface area contributed by atoms with Gasteiger partial charge in [-0.2, -0.15) is 0 Å². The number of carbonyl (C=O) groups is 1. The second kappa shape index (κ2) is 6.20. The average Bonchev–Trinajstić information content (AvgIpc) is 2.48. The summed E-state index contributed by atoms with van der Waals surface area (Å²) in [7, 11) is -3.83. The molecule has 0 aromatic heterocycles. The summed E-state index contributed by atoms with van der Waals surface area (Å²) in [6.07, 6.45) is 0. The van der Waals surface area contributed by atoms with Crippen LogP contribution in [0.1, 0.15) is 15.9 Å². The number of carbonyl (C=O) groups excluding carboxylic acids is 1. The van der Waals surface area contributed by atoms with Gasteiger partial charge in [-0.25, -0.2) is 22.3 Å². The third-order valence-corrected chi connectivity index (χ3v) is 3.85. The number of benzene rings is 2. The fraction of sp³-hybridized carbons (Fsp3) is 0.0714. The molecule has 0 heterocycles. The van der Waals surface area contributed by atoms with Gasteiger partial charge >= 0.3 is 0 Å². The number of amides is 1. The van der Waals surface area contributed by atoms with Crippen LogP contribution in [0.15, 0.2) is 47.4 Å². The van der Waals surface area contributed by atoms with Crippen LogP contribution in [0.5, 0.6) is 0 Å². The van der Waals surface area contributed by atoms with E-state index in [1.165, 1.54) is 36.4 Å². The molecule has 0 bridgehead atoms. The largest absolute Gasteiger partial charge is 0.348 e. The van der Waals surface area contributed by atoms with Crippen molar-refractivity contribution in [2.75, 3.05) is 0 Å². The molecule has 0 saturated carbocycles. The number of hydrogen-bond acceptors (Lipinski definition) is 3. The summed E-state index contributed by atoms with van der Waals surface area (Å²) in [5, 5.41) is 7.36. The highest BCUT2D eigenvalue weighted by Crippen LogP contribution is 2.12. The molecule has 22 heavy (non-hydrogen) atoms. The monoisotopic (exact) mass is 326 g/mol. The lowest BCUT2D eigenvalue weighted by Crippen LogP contribution is -2.23. The molecule has 2 rings (SSSR count). The zero-order valence-corrected chi connectivity index (χ0v) is 12.0. The van der Waals surface area contributed by atoms with Crippen molar-refractivity contribution in [2.24, 2.45) is 5.14 Å². The highest BCUT2D eigenvalue weighted by Gasteiger charge is 2.12. The van der Waals surface area contributed by atoms with Gasteiger partial charge in [0.2, 0.25) is 10.0 Å². The first-order valence-electron chi connectivity index (χ1n) is 6.13. The van der Waals surface area contributed by atoms with Gasteiger partial charge in [0.25, 0.3) is 5.91 Å². The minimum absolute atomic E-state index is 0.00880. The maximum Gasteiger partial charge on any atom is 0.251 e. The second-order valence-electron chi connectivity index (χ2n) is 4.47. The fourth-order valence-electron chi connectivity index (χ4n) is 1.76. The van der Waals surface area contributed by atoms with Crippen molar-refractivity contribution in [2.45, 2.75) is 11.4 Å². The summed E-state index contributed by atoms with van der Waals surface area (Å²) in [6, 6.07) is 8.59. The third kappa shape index (κ3) is 3.66. The van der Waals surface area contributed by atoms with Crippen LogP contribution < -0.4 is 10.5 Å². The van der Waals surface area contributed by atoms with Crippen LogP contribution >= 0.6 is 0 Å². The predicted molar refractivity (Wildman–Crippen MR) is 75.3 cm³/mol. The first-order valence-corrected chi connectivity index (χ1v) is 7.67. The van der Waals surface area contributed by atoms with Crippen LogP contribution in [-0.4, -0.2) is 14.3 Å². The first kappa shape index (κ1) is 16.1. The summed E-state index contributed by atoms with van der Waals surface area (Å²) in [5.41, 5.74) is 0.179. The minimum atomic E-state index is -3.83. The molecule has 116 valence electrons. The number of hydrogen-bond donors (Lipinski definition) is 2. The predicted octanol–water partition coefficient (Wildman–Crippen LogP) is 1.54. The summed E-state index contributed by atoms with van der Waals surface area (Å²) < 4.78 is 48.6. The minimum Gasteiger partial charge on any atom is -0.348 e. The van der Waals surface area contributed by atoms with Crippen LogP contribution in [-0.2, 0) is 16.6 Å². The Morgan fingerprint density at radius 2 is 1.73 bits per heavy atom. The van der Waals surface area contributed by atoms with Crippen LogP contribution in [0.3, 0.4) is 0 Å². The van der Waals surface area contributed by atoms with Crippen LogP contribution in [0.2, 0.25) is 0 Å². The first-order chi connectivity index (χ1) is 10.3. The molecule has 5 nitrogen and oxygen atoms in total. The van der Waals surface area contributed by atoms with E-state index in [4.69, 9.17) is 5.14 Å². The number of sulfonamides is 1. The number of rotatable bonds is 4. The Hall–Kier alpha value is -2.32. The second-order valence-corrected chi connectivity index (χ2v) is 6.03. The molecule has 0 atom stereocenters. The van der Waals surface area contributed by atoms with Gasteiger partial charge in [0.05, 0.1) is 4.90 Å². The van der Waals surface area contributed by atoms with E-state index in [-0.39, 0.29) is 22.6 Å². The number of primary sulfonamides is 1. The summed E-state index contributed by atoms with van der Waals surface area (Å²) in [5.74, 6) is -2.57. The zero-order chi connectivity index (χ0) is 16.3. The van der Waals surface area contributed by atoms with Crippen LogP contribution in [0.4, 0.5) is 8.78 Å². The van der Waals surface area contributed by atoms with Crippen molar-refractivity contribution in [3.8, 4) is 0 Å². The maximum atomic E-state index is 13.4. The summed E-state index contributed by atoms with van der Waals surface area (Å²) >= 11 is 0.